The van der Waals surface area contributed by atoms with Crippen LogP contribution in [0.15, 0.2) is 4.52 Å². The second-order valence-electron chi connectivity index (χ2n) is 6.46. The molecule has 112 valence electrons. The van der Waals surface area contributed by atoms with Gasteiger partial charge in [-0.15, -0.1) is 0 Å². The lowest BCUT2D eigenvalue weighted by atomic mass is 9.90. The standard InChI is InChI=1S/C15H26N4O/c1-4-10(2)16-9-14-17-15(18-20-14)11-7-12-5-6-13(8-11)19(12)3/h10-13,16H,4-9H2,1-3H3. The van der Waals surface area contributed by atoms with Crippen molar-refractivity contribution >= 4 is 0 Å². The Labute approximate surface area is 121 Å². The van der Waals surface area contributed by atoms with Crippen LogP contribution in [0.25, 0.3) is 0 Å². The van der Waals surface area contributed by atoms with Crippen LogP contribution in [0, 0.1) is 0 Å². The zero-order valence-electron chi connectivity index (χ0n) is 12.8. The molecule has 3 rings (SSSR count). The van der Waals surface area contributed by atoms with Crippen LogP contribution >= 0.6 is 0 Å². The molecule has 5 nitrogen and oxygen atoms in total. The smallest absolute Gasteiger partial charge is 0.240 e. The van der Waals surface area contributed by atoms with Gasteiger partial charge >= 0.3 is 0 Å². The summed E-state index contributed by atoms with van der Waals surface area (Å²) in [5, 5.41) is 7.62. The molecule has 2 aliphatic rings. The summed E-state index contributed by atoms with van der Waals surface area (Å²) in [5.41, 5.74) is 0. The lowest BCUT2D eigenvalue weighted by Gasteiger charge is -2.34. The Morgan fingerprint density at radius 2 is 2.05 bits per heavy atom. The van der Waals surface area contributed by atoms with Crippen molar-refractivity contribution in [2.24, 2.45) is 0 Å². The van der Waals surface area contributed by atoms with Crippen LogP contribution in [0.5, 0.6) is 0 Å². The number of hydrogen-bond donors (Lipinski definition) is 1. The molecule has 1 N–H and O–H groups in total. The normalized spacial score (nSPS) is 31.6. The third-order valence-corrected chi connectivity index (χ3v) is 5.16. The van der Waals surface area contributed by atoms with E-state index in [0.717, 1.165) is 30.2 Å². The number of nitrogens with one attached hydrogen (secondary N) is 1. The van der Waals surface area contributed by atoms with Crippen molar-refractivity contribution in [2.45, 2.75) is 76.5 Å². The molecule has 3 unspecified atom stereocenters. The van der Waals surface area contributed by atoms with E-state index in [-0.39, 0.29) is 0 Å². The highest BCUT2D eigenvalue weighted by Crippen LogP contribution is 2.41. The minimum atomic E-state index is 0.490. The molecule has 1 aromatic rings. The van der Waals surface area contributed by atoms with Crippen molar-refractivity contribution in [3.8, 4) is 0 Å². The van der Waals surface area contributed by atoms with Crippen molar-refractivity contribution < 1.29 is 4.52 Å². The third kappa shape index (κ3) is 2.74. The molecule has 0 aliphatic carbocycles. The quantitative estimate of drug-likeness (QED) is 0.895. The number of hydrogen-bond acceptors (Lipinski definition) is 5. The number of piperidine rings is 1. The molecule has 20 heavy (non-hydrogen) atoms. The first-order valence-corrected chi connectivity index (χ1v) is 7.95. The fourth-order valence-corrected chi connectivity index (χ4v) is 3.53. The summed E-state index contributed by atoms with van der Waals surface area (Å²) >= 11 is 0. The average Bonchev–Trinajstić information content (AvgIpc) is 2.98. The fraction of sp³-hybridized carbons (Fsp3) is 0.867. The predicted molar refractivity (Wildman–Crippen MR) is 77.4 cm³/mol. The Morgan fingerprint density at radius 3 is 2.70 bits per heavy atom. The molecule has 3 atom stereocenters. The molecule has 1 aromatic heterocycles. The van der Waals surface area contributed by atoms with E-state index in [0.29, 0.717) is 18.5 Å². The molecule has 5 heteroatoms. The largest absolute Gasteiger partial charge is 0.338 e. The van der Waals surface area contributed by atoms with Crippen LogP contribution in [0.3, 0.4) is 0 Å². The van der Waals surface area contributed by atoms with Gasteiger partial charge in [0, 0.05) is 24.0 Å². The maximum Gasteiger partial charge on any atom is 0.240 e. The molecule has 2 saturated heterocycles. The highest BCUT2D eigenvalue weighted by atomic mass is 16.5. The van der Waals surface area contributed by atoms with E-state index in [2.05, 4.69) is 41.3 Å². The minimum absolute atomic E-state index is 0.490. The van der Waals surface area contributed by atoms with Crippen LogP contribution in [-0.2, 0) is 6.54 Å². The fourth-order valence-electron chi connectivity index (χ4n) is 3.53. The molecule has 3 heterocycles. The highest BCUT2D eigenvalue weighted by Gasteiger charge is 2.40. The molecule has 2 fully saturated rings. The van der Waals surface area contributed by atoms with Gasteiger partial charge in [-0.2, -0.15) is 4.98 Å². The summed E-state index contributed by atoms with van der Waals surface area (Å²) in [6, 6.07) is 1.93. The molecule has 2 bridgehead atoms. The zero-order chi connectivity index (χ0) is 14.1. The maximum absolute atomic E-state index is 5.39. The Balaban J connectivity index is 1.60. The second-order valence-corrected chi connectivity index (χ2v) is 6.46. The van der Waals surface area contributed by atoms with Gasteiger partial charge in [-0.25, -0.2) is 0 Å². The van der Waals surface area contributed by atoms with Gasteiger partial charge < -0.3 is 14.7 Å². The zero-order valence-corrected chi connectivity index (χ0v) is 12.8. The molecule has 0 spiro atoms. The van der Waals surface area contributed by atoms with Crippen molar-refractivity contribution in [3.05, 3.63) is 11.7 Å². The number of rotatable bonds is 5. The van der Waals surface area contributed by atoms with Crippen LogP contribution in [0.2, 0.25) is 0 Å². The number of nitrogens with zero attached hydrogens (tertiary/aromatic N) is 3. The topological polar surface area (TPSA) is 54.2 Å². The van der Waals surface area contributed by atoms with E-state index in [4.69, 9.17) is 4.52 Å². The van der Waals surface area contributed by atoms with Gasteiger partial charge in [-0.1, -0.05) is 12.1 Å². The second kappa shape index (κ2) is 5.82. The maximum atomic E-state index is 5.39. The predicted octanol–water partition coefficient (Wildman–Crippen LogP) is 2.30. The van der Waals surface area contributed by atoms with Crippen molar-refractivity contribution in [1.29, 1.82) is 0 Å². The van der Waals surface area contributed by atoms with Crippen molar-refractivity contribution in [3.63, 3.8) is 0 Å². The van der Waals surface area contributed by atoms with Gasteiger partial charge in [0.25, 0.3) is 0 Å². The van der Waals surface area contributed by atoms with E-state index >= 15 is 0 Å². The SMILES string of the molecule is CCC(C)NCc1nc(C2CC3CCC(C2)N3C)no1. The lowest BCUT2D eigenvalue weighted by Crippen LogP contribution is -2.39. The Kier molecular flexibility index (Phi) is 4.08. The lowest BCUT2D eigenvalue weighted by molar-refractivity contribution is 0.157. The third-order valence-electron chi connectivity index (χ3n) is 5.16. The van der Waals surface area contributed by atoms with Crippen LogP contribution < -0.4 is 5.32 Å². The molecule has 0 saturated carbocycles. The molecular formula is C15H26N4O. The number of aromatic nitrogens is 2. The molecule has 0 amide bonds. The summed E-state index contributed by atoms with van der Waals surface area (Å²) in [4.78, 5) is 7.15. The molecule has 0 aromatic carbocycles. The first-order chi connectivity index (χ1) is 9.67. The minimum Gasteiger partial charge on any atom is -0.338 e. The summed E-state index contributed by atoms with van der Waals surface area (Å²) < 4.78 is 5.39. The first kappa shape index (κ1) is 14.0. The first-order valence-electron chi connectivity index (χ1n) is 7.95. The Morgan fingerprint density at radius 1 is 1.35 bits per heavy atom. The van der Waals surface area contributed by atoms with Gasteiger partial charge in [0.15, 0.2) is 5.82 Å². The highest BCUT2D eigenvalue weighted by molar-refractivity contribution is 5.05. The van der Waals surface area contributed by atoms with Crippen LogP contribution in [0.1, 0.15) is 63.6 Å². The summed E-state index contributed by atoms with van der Waals surface area (Å²) in [6.07, 6.45) is 6.14. The summed E-state index contributed by atoms with van der Waals surface area (Å²) in [7, 11) is 2.26. The molecular weight excluding hydrogens is 252 g/mol. The van der Waals surface area contributed by atoms with Crippen LogP contribution in [0.4, 0.5) is 0 Å². The van der Waals surface area contributed by atoms with Gasteiger partial charge in [-0.05, 0) is 46.1 Å². The van der Waals surface area contributed by atoms with Gasteiger partial charge in [0.05, 0.1) is 6.54 Å². The average molecular weight is 278 g/mol. The van der Waals surface area contributed by atoms with E-state index in [9.17, 15) is 0 Å². The van der Waals surface area contributed by atoms with Gasteiger partial charge in [-0.3, -0.25) is 0 Å². The molecule has 0 radical (unpaired) electrons. The monoisotopic (exact) mass is 278 g/mol. The summed E-state index contributed by atoms with van der Waals surface area (Å²) in [6.45, 7) is 5.03. The van der Waals surface area contributed by atoms with Gasteiger partial charge in [0.2, 0.25) is 5.89 Å². The van der Waals surface area contributed by atoms with Crippen molar-refractivity contribution in [1.82, 2.24) is 20.4 Å². The Hall–Kier alpha value is -0.940. The van der Waals surface area contributed by atoms with E-state index in [1.807, 2.05) is 0 Å². The molecule has 2 aliphatic heterocycles. The van der Waals surface area contributed by atoms with E-state index < -0.39 is 0 Å². The Bertz CT molecular complexity index is 433. The van der Waals surface area contributed by atoms with Crippen LogP contribution in [-0.4, -0.2) is 40.2 Å². The van der Waals surface area contributed by atoms with Gasteiger partial charge in [0.1, 0.15) is 0 Å². The summed E-state index contributed by atoms with van der Waals surface area (Å²) in [5.74, 6) is 2.15. The van der Waals surface area contributed by atoms with E-state index in [1.54, 1.807) is 0 Å². The number of fused-ring (bicyclic) bond motifs is 2. The van der Waals surface area contributed by atoms with E-state index in [1.165, 1.54) is 25.7 Å². The van der Waals surface area contributed by atoms with Crippen molar-refractivity contribution in [2.75, 3.05) is 7.05 Å².